The number of rotatable bonds is 2. The van der Waals surface area contributed by atoms with Crippen molar-refractivity contribution >= 4 is 17.3 Å². The molecule has 0 radical (unpaired) electrons. The maximum absolute atomic E-state index is 6.19. The molecule has 0 bridgehead atoms. The summed E-state index contributed by atoms with van der Waals surface area (Å²) < 4.78 is 0. The second-order valence-electron chi connectivity index (χ2n) is 5.69. The van der Waals surface area contributed by atoms with Crippen molar-refractivity contribution in [2.45, 2.75) is 12.0 Å². The lowest BCUT2D eigenvalue weighted by Gasteiger charge is -2.39. The molecule has 2 atom stereocenters. The van der Waals surface area contributed by atoms with E-state index < -0.39 is 0 Å². The van der Waals surface area contributed by atoms with Crippen LogP contribution in [0.5, 0.6) is 0 Å². The van der Waals surface area contributed by atoms with E-state index in [-0.39, 0.29) is 6.04 Å². The van der Waals surface area contributed by atoms with Crippen molar-refractivity contribution in [2.75, 3.05) is 25.9 Å². The second-order valence-corrected chi connectivity index (χ2v) is 6.12. The van der Waals surface area contributed by atoms with E-state index in [0.717, 1.165) is 17.3 Å². The Morgan fingerprint density at radius 2 is 2.00 bits per heavy atom. The number of hydrogen-bond donors (Lipinski definition) is 2. The fourth-order valence-electron chi connectivity index (χ4n) is 3.27. The zero-order valence-electron chi connectivity index (χ0n) is 12.1. The van der Waals surface area contributed by atoms with Crippen LogP contribution in [-0.2, 0) is 0 Å². The summed E-state index contributed by atoms with van der Waals surface area (Å²) in [5, 5.41) is 0.758. The van der Waals surface area contributed by atoms with Gasteiger partial charge < -0.3 is 11.5 Å². The Morgan fingerprint density at radius 3 is 2.71 bits per heavy atom. The minimum absolute atomic E-state index is 0.219. The standard InChI is InChI=1S/C17H20ClN3/c1-21-10-16(11-3-2-4-13(20)7-11)14-6-5-12(18)8-15(14)17(21)9-19/h2-8,16-17H,9-10,19-20H2,1H3. The summed E-state index contributed by atoms with van der Waals surface area (Å²) in [6.45, 7) is 1.52. The van der Waals surface area contributed by atoms with E-state index in [9.17, 15) is 0 Å². The number of hydrogen-bond acceptors (Lipinski definition) is 3. The molecule has 110 valence electrons. The summed E-state index contributed by atoms with van der Waals surface area (Å²) in [6, 6.07) is 14.5. The van der Waals surface area contributed by atoms with Gasteiger partial charge in [0, 0.05) is 35.8 Å². The Hall–Kier alpha value is -1.55. The average Bonchev–Trinajstić information content (AvgIpc) is 2.46. The smallest absolute Gasteiger partial charge is 0.0471 e. The van der Waals surface area contributed by atoms with Crippen LogP contribution < -0.4 is 11.5 Å². The molecule has 1 heterocycles. The third-order valence-electron chi connectivity index (χ3n) is 4.32. The van der Waals surface area contributed by atoms with Crippen LogP contribution in [0.1, 0.15) is 28.7 Å². The topological polar surface area (TPSA) is 55.3 Å². The molecule has 21 heavy (non-hydrogen) atoms. The van der Waals surface area contributed by atoms with Gasteiger partial charge in [0.25, 0.3) is 0 Å². The van der Waals surface area contributed by atoms with Crippen molar-refractivity contribution in [3.8, 4) is 0 Å². The van der Waals surface area contributed by atoms with Crippen LogP contribution in [-0.4, -0.2) is 25.0 Å². The van der Waals surface area contributed by atoms with Crippen molar-refractivity contribution < 1.29 is 0 Å². The van der Waals surface area contributed by atoms with Crippen molar-refractivity contribution in [2.24, 2.45) is 5.73 Å². The molecular formula is C17H20ClN3. The van der Waals surface area contributed by atoms with Crippen LogP contribution in [0.3, 0.4) is 0 Å². The summed E-state index contributed by atoms with van der Waals surface area (Å²) in [6.07, 6.45) is 0. The fraction of sp³-hybridized carbons (Fsp3) is 0.294. The first-order chi connectivity index (χ1) is 10.1. The average molecular weight is 302 g/mol. The highest BCUT2D eigenvalue weighted by molar-refractivity contribution is 6.30. The predicted octanol–water partition coefficient (Wildman–Crippen LogP) is 3.00. The van der Waals surface area contributed by atoms with Crippen molar-refractivity contribution in [3.05, 3.63) is 64.2 Å². The number of fused-ring (bicyclic) bond motifs is 1. The molecule has 0 saturated carbocycles. The maximum atomic E-state index is 6.19. The lowest BCUT2D eigenvalue weighted by molar-refractivity contribution is 0.223. The minimum Gasteiger partial charge on any atom is -0.399 e. The minimum atomic E-state index is 0.219. The van der Waals surface area contributed by atoms with Crippen molar-refractivity contribution in [1.29, 1.82) is 0 Å². The molecule has 1 aliphatic rings. The van der Waals surface area contributed by atoms with Crippen LogP contribution >= 0.6 is 11.6 Å². The molecule has 0 amide bonds. The summed E-state index contributed by atoms with van der Waals surface area (Å²) in [5.74, 6) is 0.300. The molecule has 2 aromatic rings. The van der Waals surface area contributed by atoms with E-state index in [1.54, 1.807) is 0 Å². The number of nitrogen functional groups attached to an aromatic ring is 1. The van der Waals surface area contributed by atoms with Crippen molar-refractivity contribution in [1.82, 2.24) is 4.90 Å². The Bertz CT molecular complexity index is 656. The van der Waals surface area contributed by atoms with E-state index >= 15 is 0 Å². The van der Waals surface area contributed by atoms with Crippen molar-refractivity contribution in [3.63, 3.8) is 0 Å². The largest absolute Gasteiger partial charge is 0.399 e. The summed E-state index contributed by atoms with van der Waals surface area (Å²) >= 11 is 6.19. The Morgan fingerprint density at radius 1 is 1.19 bits per heavy atom. The molecule has 2 aromatic carbocycles. The molecule has 4 N–H and O–H groups in total. The fourth-order valence-corrected chi connectivity index (χ4v) is 3.45. The Labute approximate surface area is 130 Å². The molecule has 0 aromatic heterocycles. The molecule has 2 unspecified atom stereocenters. The first kappa shape index (κ1) is 14.4. The monoisotopic (exact) mass is 301 g/mol. The quantitative estimate of drug-likeness (QED) is 0.839. The highest BCUT2D eigenvalue weighted by Crippen LogP contribution is 2.39. The van der Waals surface area contributed by atoms with Gasteiger partial charge in [0.05, 0.1) is 0 Å². The van der Waals surface area contributed by atoms with Crippen LogP contribution in [0.2, 0.25) is 5.02 Å². The first-order valence-corrected chi connectivity index (χ1v) is 7.53. The van der Waals surface area contributed by atoms with Gasteiger partial charge in [-0.1, -0.05) is 29.8 Å². The molecule has 0 fully saturated rings. The van der Waals surface area contributed by atoms with Gasteiger partial charge in [-0.2, -0.15) is 0 Å². The highest BCUT2D eigenvalue weighted by atomic mass is 35.5. The van der Waals surface area contributed by atoms with E-state index in [0.29, 0.717) is 12.5 Å². The van der Waals surface area contributed by atoms with Gasteiger partial charge in [-0.3, -0.25) is 4.90 Å². The number of benzene rings is 2. The van der Waals surface area contributed by atoms with E-state index in [1.807, 2.05) is 24.3 Å². The summed E-state index contributed by atoms with van der Waals surface area (Å²) in [4.78, 5) is 2.30. The van der Waals surface area contributed by atoms with Gasteiger partial charge >= 0.3 is 0 Å². The Kier molecular flexibility index (Phi) is 3.89. The summed E-state index contributed by atoms with van der Waals surface area (Å²) in [5.41, 5.74) is 16.5. The van der Waals surface area contributed by atoms with Gasteiger partial charge in [0.1, 0.15) is 0 Å². The lowest BCUT2D eigenvalue weighted by Crippen LogP contribution is -2.39. The molecule has 3 rings (SSSR count). The zero-order chi connectivity index (χ0) is 15.0. The molecule has 0 aliphatic carbocycles. The first-order valence-electron chi connectivity index (χ1n) is 7.15. The van der Waals surface area contributed by atoms with Gasteiger partial charge in [-0.15, -0.1) is 0 Å². The number of nitrogens with two attached hydrogens (primary N) is 2. The van der Waals surface area contributed by atoms with Crippen LogP contribution in [0.25, 0.3) is 0 Å². The van der Waals surface area contributed by atoms with Crippen LogP contribution in [0, 0.1) is 0 Å². The van der Waals surface area contributed by atoms with Gasteiger partial charge in [0.15, 0.2) is 0 Å². The van der Waals surface area contributed by atoms with Crippen LogP contribution in [0.15, 0.2) is 42.5 Å². The highest BCUT2D eigenvalue weighted by Gasteiger charge is 2.31. The van der Waals surface area contributed by atoms with Gasteiger partial charge in [-0.25, -0.2) is 0 Å². The third-order valence-corrected chi connectivity index (χ3v) is 4.56. The maximum Gasteiger partial charge on any atom is 0.0471 e. The van der Waals surface area contributed by atoms with Gasteiger partial charge in [-0.05, 0) is 48.0 Å². The molecular weight excluding hydrogens is 282 g/mol. The van der Waals surface area contributed by atoms with E-state index in [2.05, 4.69) is 30.1 Å². The molecule has 4 heteroatoms. The van der Waals surface area contributed by atoms with Gasteiger partial charge in [0.2, 0.25) is 0 Å². The predicted molar refractivity (Wildman–Crippen MR) is 88.6 cm³/mol. The second kappa shape index (κ2) is 5.68. The third kappa shape index (κ3) is 2.64. The van der Waals surface area contributed by atoms with Crippen LogP contribution in [0.4, 0.5) is 5.69 Å². The SMILES string of the molecule is CN1CC(c2cccc(N)c2)c2ccc(Cl)cc2C1CN. The lowest BCUT2D eigenvalue weighted by atomic mass is 9.81. The number of likely N-dealkylation sites (N-methyl/N-ethyl adjacent to an activating group) is 1. The molecule has 0 saturated heterocycles. The Balaban J connectivity index is 2.12. The van der Waals surface area contributed by atoms with E-state index in [4.69, 9.17) is 23.1 Å². The normalized spacial score (nSPS) is 22.0. The zero-order valence-corrected chi connectivity index (χ0v) is 12.8. The number of anilines is 1. The summed E-state index contributed by atoms with van der Waals surface area (Å²) in [7, 11) is 2.11. The van der Waals surface area contributed by atoms with E-state index in [1.165, 1.54) is 16.7 Å². The molecule has 0 spiro atoms. The number of halogens is 1. The molecule has 1 aliphatic heterocycles. The number of nitrogens with zero attached hydrogens (tertiary/aromatic N) is 1. The molecule has 3 nitrogen and oxygen atoms in total.